The van der Waals surface area contributed by atoms with Gasteiger partial charge in [0.05, 0.1) is 5.56 Å². The minimum absolute atomic E-state index is 0.0852. The van der Waals surface area contributed by atoms with Crippen LogP contribution < -0.4 is 5.32 Å². The van der Waals surface area contributed by atoms with Gasteiger partial charge in [-0.25, -0.2) is 14.5 Å². The van der Waals surface area contributed by atoms with Gasteiger partial charge < -0.3 is 19.7 Å². The third-order valence-corrected chi connectivity index (χ3v) is 7.23. The smallest absolute Gasteiger partial charge is 0.417 e. The van der Waals surface area contributed by atoms with Crippen LogP contribution in [0.5, 0.6) is 0 Å². The number of hydrogen-bond donors (Lipinski definition) is 1. The van der Waals surface area contributed by atoms with E-state index in [0.717, 1.165) is 17.2 Å². The van der Waals surface area contributed by atoms with Crippen LogP contribution in [0.3, 0.4) is 0 Å². The number of hydrogen-bond acceptors (Lipinski definition) is 7. The maximum atomic E-state index is 14.2. The summed E-state index contributed by atoms with van der Waals surface area (Å²) in [6.07, 6.45) is -5.05. The Kier molecular flexibility index (Phi) is 7.34. The molecule has 0 aromatic carbocycles. The van der Waals surface area contributed by atoms with Crippen molar-refractivity contribution in [3.05, 3.63) is 29.1 Å². The van der Waals surface area contributed by atoms with Crippen LogP contribution in [0, 0.1) is 11.3 Å². The van der Waals surface area contributed by atoms with Crippen LogP contribution in [0.15, 0.2) is 12.3 Å². The number of carbonyl (C=O) groups is 4. The second kappa shape index (κ2) is 9.91. The zero-order valence-electron chi connectivity index (χ0n) is 23.5. The van der Waals surface area contributed by atoms with Crippen LogP contribution in [-0.4, -0.2) is 69.1 Å². The van der Waals surface area contributed by atoms with E-state index in [9.17, 15) is 32.3 Å². The van der Waals surface area contributed by atoms with Crippen LogP contribution in [-0.2, 0) is 38.2 Å². The van der Waals surface area contributed by atoms with E-state index >= 15 is 0 Å². The zero-order chi connectivity index (χ0) is 29.8. The SMILES string of the molecule is CC(C)(C)OC(=O)N[C@@H]1C[C@H]2CN(C(=O)OC(C)(C)C)C(=O)[C@@]2(C(=O)N2CCc3ncc(C(F)(F)F)cc3C2)C1. The number of imide groups is 1. The van der Waals surface area contributed by atoms with Gasteiger partial charge >= 0.3 is 18.4 Å². The topological polar surface area (TPSA) is 118 Å². The molecule has 3 aliphatic rings. The first-order valence-corrected chi connectivity index (χ1v) is 13.2. The molecule has 0 radical (unpaired) electrons. The molecular weight excluding hydrogens is 533 g/mol. The molecule has 2 aliphatic heterocycles. The predicted octanol–water partition coefficient (Wildman–Crippen LogP) is 4.05. The summed E-state index contributed by atoms with van der Waals surface area (Å²) in [5.74, 6) is -1.97. The summed E-state index contributed by atoms with van der Waals surface area (Å²) in [4.78, 5) is 59.6. The van der Waals surface area contributed by atoms with Gasteiger partial charge in [-0.05, 0) is 66.0 Å². The first kappa shape index (κ1) is 29.6. The number of ether oxygens (including phenoxy) is 2. The lowest BCUT2D eigenvalue weighted by atomic mass is 9.78. The molecule has 1 aliphatic carbocycles. The summed E-state index contributed by atoms with van der Waals surface area (Å²) in [6.45, 7) is 9.97. The highest BCUT2D eigenvalue weighted by molar-refractivity contribution is 6.11. The first-order chi connectivity index (χ1) is 18.3. The van der Waals surface area contributed by atoms with Crippen molar-refractivity contribution in [3.63, 3.8) is 0 Å². The Bertz CT molecular complexity index is 1220. The zero-order valence-corrected chi connectivity index (χ0v) is 23.5. The van der Waals surface area contributed by atoms with Gasteiger partial charge in [0.15, 0.2) is 0 Å². The fourth-order valence-electron chi connectivity index (χ4n) is 5.67. The van der Waals surface area contributed by atoms with E-state index in [1.165, 1.54) is 4.90 Å². The number of alkyl carbamates (subject to hydrolysis) is 1. The molecule has 10 nitrogen and oxygen atoms in total. The quantitative estimate of drug-likeness (QED) is 0.535. The van der Waals surface area contributed by atoms with Gasteiger partial charge in [-0.2, -0.15) is 13.2 Å². The van der Waals surface area contributed by atoms with Crippen molar-refractivity contribution in [1.29, 1.82) is 0 Å². The Morgan fingerprint density at radius 3 is 2.33 bits per heavy atom. The van der Waals surface area contributed by atoms with Crippen molar-refractivity contribution >= 4 is 24.0 Å². The summed E-state index contributed by atoms with van der Waals surface area (Å²) in [6, 6.07) is 0.381. The molecule has 220 valence electrons. The number of fused-ring (bicyclic) bond motifs is 2. The Balaban J connectivity index is 1.62. The van der Waals surface area contributed by atoms with Crippen molar-refractivity contribution in [2.75, 3.05) is 13.1 Å². The van der Waals surface area contributed by atoms with Gasteiger partial charge in [-0.15, -0.1) is 0 Å². The number of nitrogens with zero attached hydrogens (tertiary/aromatic N) is 3. The molecule has 40 heavy (non-hydrogen) atoms. The molecule has 3 heterocycles. The van der Waals surface area contributed by atoms with E-state index in [-0.39, 0.29) is 44.5 Å². The molecule has 2 fully saturated rings. The number of halogens is 3. The molecule has 1 aromatic heterocycles. The molecule has 3 atom stereocenters. The number of nitrogens with one attached hydrogen (secondary N) is 1. The number of likely N-dealkylation sites (tertiary alicyclic amines) is 1. The van der Waals surface area contributed by atoms with Crippen LogP contribution in [0.25, 0.3) is 0 Å². The molecule has 1 saturated carbocycles. The summed E-state index contributed by atoms with van der Waals surface area (Å²) in [5.41, 5.74) is -3.56. The summed E-state index contributed by atoms with van der Waals surface area (Å²) in [5, 5.41) is 2.74. The van der Waals surface area contributed by atoms with E-state index in [4.69, 9.17) is 9.47 Å². The van der Waals surface area contributed by atoms with Gasteiger partial charge in [0.2, 0.25) is 11.8 Å². The molecule has 0 bridgehead atoms. The Hall–Kier alpha value is -3.38. The van der Waals surface area contributed by atoms with Crippen molar-refractivity contribution in [2.45, 2.75) is 90.8 Å². The highest BCUT2D eigenvalue weighted by atomic mass is 19.4. The Morgan fingerprint density at radius 2 is 1.73 bits per heavy atom. The van der Waals surface area contributed by atoms with Crippen LogP contribution in [0.2, 0.25) is 0 Å². The highest BCUT2D eigenvalue weighted by Gasteiger charge is 2.66. The lowest BCUT2D eigenvalue weighted by molar-refractivity contribution is -0.153. The van der Waals surface area contributed by atoms with Crippen molar-refractivity contribution in [3.8, 4) is 0 Å². The lowest BCUT2D eigenvalue weighted by Crippen LogP contribution is -2.52. The maximum Gasteiger partial charge on any atom is 0.417 e. The van der Waals surface area contributed by atoms with E-state index in [1.807, 2.05) is 0 Å². The van der Waals surface area contributed by atoms with Crippen molar-refractivity contribution in [2.24, 2.45) is 11.3 Å². The average Bonchev–Trinajstić information content (AvgIpc) is 3.28. The van der Waals surface area contributed by atoms with Crippen molar-refractivity contribution in [1.82, 2.24) is 20.1 Å². The molecular formula is C27H35F3N4O6. The van der Waals surface area contributed by atoms with E-state index in [2.05, 4.69) is 10.3 Å². The predicted molar refractivity (Wildman–Crippen MR) is 135 cm³/mol. The van der Waals surface area contributed by atoms with Gasteiger partial charge in [0.1, 0.15) is 16.6 Å². The van der Waals surface area contributed by atoms with E-state index < -0.39 is 64.3 Å². The number of carbonyl (C=O) groups excluding carboxylic acids is 4. The van der Waals surface area contributed by atoms with Crippen LogP contribution >= 0.6 is 0 Å². The fourth-order valence-corrected chi connectivity index (χ4v) is 5.67. The molecule has 4 amide bonds. The normalized spacial score (nSPS) is 24.9. The van der Waals surface area contributed by atoms with Gasteiger partial charge in [-0.1, -0.05) is 0 Å². The number of rotatable bonds is 2. The summed E-state index contributed by atoms with van der Waals surface area (Å²) in [7, 11) is 0. The number of aromatic nitrogens is 1. The standard InChI is InChI=1S/C27H35F3N4O6/c1-24(2,3)39-22(37)32-18-10-17-14-34(23(38)40-25(4,5)6)21(36)26(17,11-18)20(35)33-8-7-19-15(13-33)9-16(12-31-19)27(28,29)30/h9,12,17-18H,7-8,10-11,13-14H2,1-6H3,(H,32,37)/t17-,18+,26-/m0/s1. The maximum absolute atomic E-state index is 14.2. The first-order valence-electron chi connectivity index (χ1n) is 13.2. The monoisotopic (exact) mass is 568 g/mol. The molecule has 4 rings (SSSR count). The fraction of sp³-hybridized carbons (Fsp3) is 0.667. The molecule has 1 N–H and O–H groups in total. The van der Waals surface area contributed by atoms with E-state index in [0.29, 0.717) is 5.69 Å². The van der Waals surface area contributed by atoms with E-state index in [1.54, 1.807) is 41.5 Å². The third-order valence-electron chi connectivity index (χ3n) is 7.23. The summed E-state index contributed by atoms with van der Waals surface area (Å²) >= 11 is 0. The minimum atomic E-state index is -4.60. The summed E-state index contributed by atoms with van der Waals surface area (Å²) < 4.78 is 50.7. The van der Waals surface area contributed by atoms with Gasteiger partial charge in [0, 0.05) is 49.9 Å². The van der Waals surface area contributed by atoms with Crippen molar-refractivity contribution < 1.29 is 41.8 Å². The second-order valence-corrected chi connectivity index (χ2v) is 12.7. The van der Waals surface area contributed by atoms with Gasteiger partial charge in [0.25, 0.3) is 0 Å². The second-order valence-electron chi connectivity index (χ2n) is 12.7. The molecule has 13 heteroatoms. The van der Waals surface area contributed by atoms with Crippen LogP contribution in [0.1, 0.15) is 71.2 Å². The third kappa shape index (κ3) is 5.87. The molecule has 0 unspecified atom stereocenters. The lowest BCUT2D eigenvalue weighted by Gasteiger charge is -2.36. The minimum Gasteiger partial charge on any atom is -0.444 e. The Morgan fingerprint density at radius 1 is 1.07 bits per heavy atom. The molecule has 1 aromatic rings. The van der Waals surface area contributed by atoms with Gasteiger partial charge in [-0.3, -0.25) is 14.6 Å². The highest BCUT2D eigenvalue weighted by Crippen LogP contribution is 2.51. The molecule has 0 spiro atoms. The Labute approximate surface area is 230 Å². The largest absolute Gasteiger partial charge is 0.444 e. The average molecular weight is 569 g/mol. The molecule has 1 saturated heterocycles. The number of pyridine rings is 1. The number of alkyl halides is 3. The number of amides is 4. The van der Waals surface area contributed by atoms with Crippen LogP contribution in [0.4, 0.5) is 22.8 Å².